The third-order valence-corrected chi connectivity index (χ3v) is 1.60. The number of hydrogen-bond acceptors (Lipinski definition) is 0. The summed E-state index contributed by atoms with van der Waals surface area (Å²) < 4.78 is 0. The second-order valence-electron chi connectivity index (χ2n) is 2.62. The Morgan fingerprint density at radius 2 is 1.40 bits per heavy atom. The number of hydrogen-bond donors (Lipinski definition) is 0. The average Bonchev–Trinajstić information content (AvgIpc) is 1.89. The molecule has 0 aliphatic rings. The average molecular weight is 260 g/mol. The van der Waals surface area contributed by atoms with Gasteiger partial charge in [-0.3, -0.25) is 0 Å². The van der Waals surface area contributed by atoms with Crippen LogP contribution in [0.25, 0.3) is 0 Å². The van der Waals surface area contributed by atoms with Gasteiger partial charge in [-0.2, -0.15) is 6.42 Å². The normalized spacial score (nSPS) is 9.00. The molecule has 1 heteroatoms. The Morgan fingerprint density at radius 1 is 0.900 bits per heavy atom. The van der Waals surface area contributed by atoms with Crippen LogP contribution in [0, 0.1) is 6.92 Å². The van der Waals surface area contributed by atoms with Crippen LogP contribution in [0.15, 0.2) is 0 Å². The summed E-state index contributed by atoms with van der Waals surface area (Å²) in [5.74, 6) is 0. The Hall–Kier alpha value is 2.05. The molecule has 0 aliphatic carbocycles. The fourth-order valence-electron chi connectivity index (χ4n) is 0.957. The molecule has 0 atom stereocenters. The van der Waals surface area contributed by atoms with Crippen LogP contribution in [-0.2, 0) is 0 Å². The predicted octanol–water partition coefficient (Wildman–Crippen LogP) is 0.575. The van der Waals surface area contributed by atoms with Crippen LogP contribution in [0.1, 0.15) is 51.9 Å². The standard InChI is InChI=1S/C9H19.Cs/c1-3-5-7-9-8-6-4-2;/h1,3-9H2,2H3;/q-1;+1. The maximum atomic E-state index is 3.80. The zero-order valence-corrected chi connectivity index (χ0v) is 13.9. The van der Waals surface area contributed by atoms with E-state index in [0.717, 1.165) is 6.42 Å². The van der Waals surface area contributed by atoms with Crippen molar-refractivity contribution in [2.45, 2.75) is 51.9 Å². The van der Waals surface area contributed by atoms with Crippen molar-refractivity contribution >= 4 is 0 Å². The van der Waals surface area contributed by atoms with Crippen molar-refractivity contribution in [3.8, 4) is 0 Å². The van der Waals surface area contributed by atoms with Gasteiger partial charge < -0.3 is 6.92 Å². The number of rotatable bonds is 6. The van der Waals surface area contributed by atoms with Gasteiger partial charge in [0.05, 0.1) is 0 Å². The van der Waals surface area contributed by atoms with Crippen molar-refractivity contribution in [2.24, 2.45) is 0 Å². The van der Waals surface area contributed by atoms with Crippen LogP contribution >= 0.6 is 0 Å². The first kappa shape index (κ1) is 14.6. The molecule has 0 radical (unpaired) electrons. The largest absolute Gasteiger partial charge is 1.00 e. The molecule has 10 heavy (non-hydrogen) atoms. The van der Waals surface area contributed by atoms with Gasteiger partial charge in [0.25, 0.3) is 0 Å². The van der Waals surface area contributed by atoms with E-state index in [1.165, 1.54) is 38.5 Å². The summed E-state index contributed by atoms with van der Waals surface area (Å²) in [5, 5.41) is 0. The molecule has 0 fully saturated rings. The zero-order valence-electron chi connectivity index (χ0n) is 7.66. The van der Waals surface area contributed by atoms with Crippen molar-refractivity contribution < 1.29 is 68.9 Å². The number of unbranched alkanes of at least 4 members (excludes halogenated alkanes) is 6. The molecule has 0 spiro atoms. The molecule has 0 aromatic rings. The van der Waals surface area contributed by atoms with Crippen LogP contribution in [0.3, 0.4) is 0 Å². The van der Waals surface area contributed by atoms with Crippen molar-refractivity contribution in [2.75, 3.05) is 0 Å². The van der Waals surface area contributed by atoms with Gasteiger partial charge in [-0.05, 0) is 0 Å². The van der Waals surface area contributed by atoms with Gasteiger partial charge in [0.1, 0.15) is 0 Å². The first-order valence-electron chi connectivity index (χ1n) is 4.21. The zero-order chi connectivity index (χ0) is 6.95. The third kappa shape index (κ3) is 12.7. The molecule has 0 aliphatic heterocycles. The summed E-state index contributed by atoms with van der Waals surface area (Å²) in [7, 11) is 0. The summed E-state index contributed by atoms with van der Waals surface area (Å²) in [4.78, 5) is 0. The van der Waals surface area contributed by atoms with E-state index in [1.54, 1.807) is 0 Å². The fraction of sp³-hybridized carbons (Fsp3) is 0.889. The van der Waals surface area contributed by atoms with Crippen molar-refractivity contribution in [1.82, 2.24) is 0 Å². The maximum Gasteiger partial charge on any atom is 1.00 e. The minimum atomic E-state index is 0. The van der Waals surface area contributed by atoms with Crippen LogP contribution in [0.5, 0.6) is 0 Å². The van der Waals surface area contributed by atoms with Gasteiger partial charge in [-0.25, -0.2) is 0 Å². The molecule has 0 amide bonds. The first-order chi connectivity index (χ1) is 4.41. The fourth-order valence-corrected chi connectivity index (χ4v) is 0.957. The monoisotopic (exact) mass is 260 g/mol. The van der Waals surface area contributed by atoms with Crippen LogP contribution in [0.2, 0.25) is 0 Å². The summed E-state index contributed by atoms with van der Waals surface area (Å²) in [6.45, 7) is 6.05. The van der Waals surface area contributed by atoms with Crippen molar-refractivity contribution in [1.29, 1.82) is 0 Å². The maximum absolute atomic E-state index is 3.80. The minimum absolute atomic E-state index is 0. The van der Waals surface area contributed by atoms with E-state index in [2.05, 4.69) is 13.8 Å². The smallest absolute Gasteiger partial charge is 0.343 e. The Morgan fingerprint density at radius 3 is 1.90 bits per heavy atom. The summed E-state index contributed by atoms with van der Waals surface area (Å²) in [6, 6.07) is 0. The first-order valence-corrected chi connectivity index (χ1v) is 4.21. The van der Waals surface area contributed by atoms with E-state index < -0.39 is 0 Å². The molecule has 0 rings (SSSR count). The summed E-state index contributed by atoms with van der Waals surface area (Å²) in [5.41, 5.74) is 0. The van der Waals surface area contributed by atoms with Crippen LogP contribution in [-0.4, -0.2) is 0 Å². The van der Waals surface area contributed by atoms with Gasteiger partial charge in [0.2, 0.25) is 0 Å². The van der Waals surface area contributed by atoms with Crippen LogP contribution < -0.4 is 68.9 Å². The van der Waals surface area contributed by atoms with Gasteiger partial charge in [0.15, 0.2) is 0 Å². The van der Waals surface area contributed by atoms with Crippen LogP contribution in [0.4, 0.5) is 0 Å². The molecule has 0 nitrogen and oxygen atoms in total. The molecule has 0 N–H and O–H groups in total. The molecule has 0 unspecified atom stereocenters. The third-order valence-electron chi connectivity index (χ3n) is 1.60. The van der Waals surface area contributed by atoms with Crippen molar-refractivity contribution in [3.63, 3.8) is 0 Å². The Bertz CT molecular complexity index is 38.0. The van der Waals surface area contributed by atoms with Crippen molar-refractivity contribution in [3.05, 3.63) is 6.92 Å². The van der Waals surface area contributed by atoms with Gasteiger partial charge in [-0.1, -0.05) is 45.4 Å². The molecule has 0 saturated heterocycles. The summed E-state index contributed by atoms with van der Waals surface area (Å²) >= 11 is 0. The molecule has 0 aromatic heterocycles. The minimum Gasteiger partial charge on any atom is -0.343 e. The Kier molecular flexibility index (Phi) is 19.9. The molecule has 0 saturated carbocycles. The van der Waals surface area contributed by atoms with E-state index in [1.807, 2.05) is 0 Å². The van der Waals surface area contributed by atoms with E-state index in [9.17, 15) is 0 Å². The quantitative estimate of drug-likeness (QED) is 0.484. The Labute approximate surface area is 125 Å². The van der Waals surface area contributed by atoms with E-state index in [-0.39, 0.29) is 68.9 Å². The molecule has 56 valence electrons. The molecule has 0 heterocycles. The Balaban J connectivity index is 0. The molecular weight excluding hydrogens is 241 g/mol. The van der Waals surface area contributed by atoms with E-state index in [0.29, 0.717) is 0 Å². The summed E-state index contributed by atoms with van der Waals surface area (Å²) in [6.07, 6.45) is 9.45. The van der Waals surface area contributed by atoms with E-state index >= 15 is 0 Å². The molecule has 0 bridgehead atoms. The second kappa shape index (κ2) is 13.6. The second-order valence-corrected chi connectivity index (χ2v) is 2.62. The van der Waals surface area contributed by atoms with E-state index in [4.69, 9.17) is 0 Å². The molecular formula is C9H19Cs. The topological polar surface area (TPSA) is 0 Å². The SMILES string of the molecule is [CH2-]CCCCCCCC.[Cs+]. The van der Waals surface area contributed by atoms with Gasteiger partial charge >= 0.3 is 68.9 Å². The van der Waals surface area contributed by atoms with Gasteiger partial charge in [-0.15, -0.1) is 0 Å². The predicted molar refractivity (Wildman–Crippen MR) is 43.4 cm³/mol. The molecule has 0 aromatic carbocycles. The van der Waals surface area contributed by atoms with Gasteiger partial charge in [0, 0.05) is 0 Å².